The van der Waals surface area contributed by atoms with E-state index >= 15 is 0 Å². The van der Waals surface area contributed by atoms with Gasteiger partial charge in [0, 0.05) is 44.2 Å². The Labute approximate surface area is 188 Å². The molecule has 1 aromatic heterocycles. The van der Waals surface area contributed by atoms with Crippen LogP contribution in [-0.4, -0.2) is 77.1 Å². The maximum atomic E-state index is 12.6. The van der Waals surface area contributed by atoms with Crippen LogP contribution >= 0.6 is 11.3 Å². The van der Waals surface area contributed by atoms with E-state index in [4.69, 9.17) is 9.90 Å². The van der Waals surface area contributed by atoms with Crippen molar-refractivity contribution in [1.82, 2.24) is 15.1 Å². The van der Waals surface area contributed by atoms with Gasteiger partial charge >= 0.3 is 12.1 Å². The average molecular weight is 476 g/mol. The zero-order valence-electron chi connectivity index (χ0n) is 18.0. The number of hydrogen-bond donors (Lipinski definition) is 2. The molecule has 1 spiro atoms. The molecule has 3 saturated heterocycles. The lowest BCUT2D eigenvalue weighted by molar-refractivity contribution is -0.192. The van der Waals surface area contributed by atoms with Crippen LogP contribution in [0.15, 0.2) is 17.5 Å². The Kier molecular flexibility index (Phi) is 7.18. The number of carboxylic acid groups (broad SMARTS) is 1. The number of likely N-dealkylation sites (tertiary alicyclic amines) is 2. The topological polar surface area (TPSA) is 90.0 Å². The Morgan fingerprint density at radius 3 is 2.41 bits per heavy atom. The summed E-state index contributed by atoms with van der Waals surface area (Å²) in [5, 5.41) is 12.4. The van der Waals surface area contributed by atoms with Gasteiger partial charge in [-0.25, -0.2) is 4.79 Å². The van der Waals surface area contributed by atoms with Crippen molar-refractivity contribution in [3.05, 3.63) is 22.4 Å². The van der Waals surface area contributed by atoms with Gasteiger partial charge in [0.1, 0.15) is 0 Å². The first-order valence-corrected chi connectivity index (χ1v) is 11.5. The summed E-state index contributed by atoms with van der Waals surface area (Å²) in [4.78, 5) is 39.2. The molecule has 2 amide bonds. The molecule has 178 valence electrons. The minimum absolute atomic E-state index is 0.0975. The minimum atomic E-state index is -5.08. The van der Waals surface area contributed by atoms with Crippen molar-refractivity contribution < 1.29 is 32.7 Å². The SMILES string of the molecule is CC(C)CN1C[C@H]2C(=O)NC3(CCN(C(=O)c4cccs4)CC3)[C@H]2C1.O=C(O)C(F)(F)F. The highest BCUT2D eigenvalue weighted by Crippen LogP contribution is 2.44. The number of piperidine rings is 1. The van der Waals surface area contributed by atoms with E-state index in [9.17, 15) is 22.8 Å². The number of hydrogen-bond acceptors (Lipinski definition) is 5. The van der Waals surface area contributed by atoms with E-state index in [1.54, 1.807) is 0 Å². The van der Waals surface area contributed by atoms with E-state index in [-0.39, 0.29) is 23.3 Å². The van der Waals surface area contributed by atoms with Gasteiger partial charge in [0.15, 0.2) is 0 Å². The second-order valence-electron chi connectivity index (χ2n) is 9.04. The normalized spacial score (nSPS) is 24.8. The molecule has 4 heterocycles. The van der Waals surface area contributed by atoms with Crippen molar-refractivity contribution in [2.45, 2.75) is 38.4 Å². The van der Waals surface area contributed by atoms with Gasteiger partial charge in [0.2, 0.25) is 5.91 Å². The fourth-order valence-corrected chi connectivity index (χ4v) is 5.66. The van der Waals surface area contributed by atoms with Crippen LogP contribution < -0.4 is 5.32 Å². The predicted octanol–water partition coefficient (Wildman–Crippen LogP) is 2.69. The van der Waals surface area contributed by atoms with E-state index in [2.05, 4.69) is 24.1 Å². The molecule has 3 aliphatic heterocycles. The van der Waals surface area contributed by atoms with E-state index < -0.39 is 12.1 Å². The average Bonchev–Trinajstić information content (AvgIpc) is 3.41. The van der Waals surface area contributed by atoms with Crippen LogP contribution in [0.2, 0.25) is 0 Å². The summed E-state index contributed by atoms with van der Waals surface area (Å²) in [5.41, 5.74) is -0.0975. The third-order valence-corrected chi connectivity index (χ3v) is 7.21. The van der Waals surface area contributed by atoms with Gasteiger partial charge < -0.3 is 20.2 Å². The first-order valence-electron chi connectivity index (χ1n) is 10.6. The van der Waals surface area contributed by atoms with Crippen molar-refractivity contribution in [3.63, 3.8) is 0 Å². The van der Waals surface area contributed by atoms with E-state index in [1.807, 2.05) is 22.4 Å². The molecule has 2 N–H and O–H groups in total. The fraction of sp³-hybridized carbons (Fsp3) is 0.667. The minimum Gasteiger partial charge on any atom is -0.475 e. The first-order chi connectivity index (χ1) is 14.9. The largest absolute Gasteiger partial charge is 0.490 e. The summed E-state index contributed by atoms with van der Waals surface area (Å²) in [6.45, 7) is 8.93. The number of amides is 2. The summed E-state index contributed by atoms with van der Waals surface area (Å²) in [6.07, 6.45) is -3.32. The monoisotopic (exact) mass is 475 g/mol. The third-order valence-electron chi connectivity index (χ3n) is 6.35. The van der Waals surface area contributed by atoms with Gasteiger partial charge in [0.05, 0.1) is 10.8 Å². The summed E-state index contributed by atoms with van der Waals surface area (Å²) >= 11 is 1.50. The number of aliphatic carboxylic acids is 1. The lowest BCUT2D eigenvalue weighted by Gasteiger charge is -2.42. The standard InChI is InChI=1S/C19H27N3O2S.C2HF3O2/c1-13(2)10-21-11-14-15(12-21)19(20-17(14)23)5-7-22(8-6-19)18(24)16-4-3-9-25-16;3-2(4,5)1(6)7/h3-4,9,13-15H,5-8,10-12H2,1-2H3,(H,20,23);(H,6,7)/t14-,15+;/m1./s1. The molecule has 0 aromatic carbocycles. The zero-order chi connectivity index (χ0) is 23.7. The Morgan fingerprint density at radius 1 is 1.28 bits per heavy atom. The van der Waals surface area contributed by atoms with Crippen LogP contribution in [0.3, 0.4) is 0 Å². The van der Waals surface area contributed by atoms with E-state index in [1.165, 1.54) is 11.3 Å². The van der Waals surface area contributed by atoms with Crippen molar-refractivity contribution in [3.8, 4) is 0 Å². The molecule has 2 atom stereocenters. The van der Waals surface area contributed by atoms with E-state index in [0.29, 0.717) is 11.8 Å². The third kappa shape index (κ3) is 5.25. The van der Waals surface area contributed by atoms with Gasteiger partial charge in [-0.1, -0.05) is 19.9 Å². The number of nitrogens with one attached hydrogen (secondary N) is 1. The highest BCUT2D eigenvalue weighted by atomic mass is 32.1. The Morgan fingerprint density at radius 2 is 1.91 bits per heavy atom. The van der Waals surface area contributed by atoms with E-state index in [0.717, 1.165) is 50.4 Å². The number of carbonyl (C=O) groups excluding carboxylic acids is 2. The Bertz CT molecular complexity index is 836. The number of alkyl halides is 3. The quantitative estimate of drug-likeness (QED) is 0.702. The molecule has 32 heavy (non-hydrogen) atoms. The molecule has 0 bridgehead atoms. The Hall–Kier alpha value is -2.14. The second-order valence-corrected chi connectivity index (χ2v) is 9.99. The molecule has 11 heteroatoms. The number of nitrogens with zero attached hydrogens (tertiary/aromatic N) is 2. The van der Waals surface area contributed by atoms with Crippen molar-refractivity contribution in [2.75, 3.05) is 32.7 Å². The lowest BCUT2D eigenvalue weighted by Crippen LogP contribution is -2.56. The molecule has 3 fully saturated rings. The van der Waals surface area contributed by atoms with Gasteiger partial charge in [-0.2, -0.15) is 13.2 Å². The molecule has 7 nitrogen and oxygen atoms in total. The molecular formula is C21H28F3N3O4S. The smallest absolute Gasteiger partial charge is 0.475 e. The summed E-state index contributed by atoms with van der Waals surface area (Å²) in [7, 11) is 0. The van der Waals surface area contributed by atoms with Gasteiger partial charge in [-0.15, -0.1) is 11.3 Å². The second kappa shape index (κ2) is 9.38. The number of thiophene rings is 1. The number of fused-ring (bicyclic) bond motifs is 2. The summed E-state index contributed by atoms with van der Waals surface area (Å²) in [6, 6.07) is 3.82. The lowest BCUT2D eigenvalue weighted by atomic mass is 9.75. The van der Waals surface area contributed by atoms with Crippen LogP contribution in [-0.2, 0) is 9.59 Å². The number of carbonyl (C=O) groups is 3. The number of halogens is 3. The highest BCUT2D eigenvalue weighted by Gasteiger charge is 2.57. The van der Waals surface area contributed by atoms with Crippen LogP contribution in [0.5, 0.6) is 0 Å². The van der Waals surface area contributed by atoms with Crippen LogP contribution in [0.1, 0.15) is 36.4 Å². The summed E-state index contributed by atoms with van der Waals surface area (Å²) < 4.78 is 31.7. The van der Waals surface area contributed by atoms with Crippen molar-refractivity contribution in [2.24, 2.45) is 17.8 Å². The summed E-state index contributed by atoms with van der Waals surface area (Å²) in [5.74, 6) is -1.22. The van der Waals surface area contributed by atoms with Crippen LogP contribution in [0, 0.1) is 17.8 Å². The molecule has 0 aliphatic carbocycles. The Balaban J connectivity index is 0.000000360. The zero-order valence-corrected chi connectivity index (χ0v) is 18.8. The molecule has 1 aromatic rings. The van der Waals surface area contributed by atoms with Gasteiger partial charge in [-0.3, -0.25) is 9.59 Å². The fourth-order valence-electron chi connectivity index (χ4n) is 4.97. The van der Waals surface area contributed by atoms with Crippen molar-refractivity contribution >= 4 is 29.1 Å². The molecule has 3 aliphatic rings. The molecule has 0 radical (unpaired) electrons. The van der Waals surface area contributed by atoms with Crippen LogP contribution in [0.4, 0.5) is 13.2 Å². The number of rotatable bonds is 3. The molecule has 0 saturated carbocycles. The molecule has 4 rings (SSSR count). The van der Waals surface area contributed by atoms with Gasteiger partial charge in [-0.05, 0) is 30.2 Å². The maximum Gasteiger partial charge on any atom is 0.490 e. The highest BCUT2D eigenvalue weighted by molar-refractivity contribution is 7.12. The number of carboxylic acids is 1. The molecular weight excluding hydrogens is 447 g/mol. The van der Waals surface area contributed by atoms with Crippen LogP contribution in [0.25, 0.3) is 0 Å². The first kappa shape index (κ1) is 24.5. The predicted molar refractivity (Wildman–Crippen MR) is 112 cm³/mol. The maximum absolute atomic E-state index is 12.6. The van der Waals surface area contributed by atoms with Crippen molar-refractivity contribution in [1.29, 1.82) is 0 Å². The molecule has 0 unspecified atom stereocenters. The van der Waals surface area contributed by atoms with Gasteiger partial charge in [0.25, 0.3) is 5.91 Å².